The molecular formula is C35H28N2O5. The maximum Gasteiger partial charge on any atom is 0.329 e. The first-order valence-corrected chi connectivity index (χ1v) is 13.7. The van der Waals surface area contributed by atoms with Crippen molar-refractivity contribution in [3.8, 4) is 0 Å². The average Bonchev–Trinajstić information content (AvgIpc) is 3.51. The Morgan fingerprint density at radius 3 is 1.90 bits per heavy atom. The molecule has 2 saturated heterocycles. The normalized spacial score (nSPS) is 23.4. The van der Waals surface area contributed by atoms with Crippen LogP contribution in [0.1, 0.15) is 45.6 Å². The molecule has 6 rings (SSSR count). The number of hydrogen-bond donors (Lipinski definition) is 2. The molecule has 4 aromatic rings. The highest BCUT2D eigenvalue weighted by Gasteiger charge is 2.69. The van der Waals surface area contributed by atoms with E-state index in [1.807, 2.05) is 66.7 Å². The number of nitrogens with zero attached hydrogens (tertiary/aromatic N) is 1. The van der Waals surface area contributed by atoms with E-state index in [1.165, 1.54) is 6.92 Å². The molecule has 0 spiro atoms. The summed E-state index contributed by atoms with van der Waals surface area (Å²) in [5, 5.41) is 14.0. The van der Waals surface area contributed by atoms with E-state index in [4.69, 9.17) is 0 Å². The van der Waals surface area contributed by atoms with Crippen molar-refractivity contribution < 1.29 is 24.3 Å². The molecular weight excluding hydrogens is 528 g/mol. The Balaban J connectivity index is 1.42. The van der Waals surface area contributed by atoms with E-state index in [9.17, 15) is 24.3 Å². The molecule has 2 heterocycles. The van der Waals surface area contributed by atoms with Crippen molar-refractivity contribution in [3.63, 3.8) is 0 Å². The van der Waals surface area contributed by atoms with Crippen LogP contribution < -0.4 is 10.2 Å². The lowest BCUT2D eigenvalue weighted by Crippen LogP contribution is -2.53. The summed E-state index contributed by atoms with van der Waals surface area (Å²) in [5.41, 5.74) is 2.01. The zero-order chi connectivity index (χ0) is 29.4. The molecule has 4 aromatic carbocycles. The highest BCUT2D eigenvalue weighted by Crippen LogP contribution is 2.53. The molecule has 2 amide bonds. The van der Waals surface area contributed by atoms with E-state index in [2.05, 4.69) is 5.32 Å². The van der Waals surface area contributed by atoms with E-state index in [0.29, 0.717) is 22.4 Å². The Bertz CT molecular complexity index is 1700. The van der Waals surface area contributed by atoms with E-state index in [1.54, 1.807) is 54.6 Å². The Labute approximate surface area is 243 Å². The minimum Gasteiger partial charge on any atom is -0.480 e. The van der Waals surface area contributed by atoms with Gasteiger partial charge in [-0.1, -0.05) is 97.1 Å². The molecule has 7 heteroatoms. The van der Waals surface area contributed by atoms with Crippen LogP contribution in [0.25, 0.3) is 12.2 Å². The molecule has 4 atom stereocenters. The number of carbonyl (C=O) groups excluding carboxylic acids is 3. The van der Waals surface area contributed by atoms with Crippen LogP contribution in [0.4, 0.5) is 5.69 Å². The maximum atomic E-state index is 14.1. The zero-order valence-corrected chi connectivity index (χ0v) is 22.8. The van der Waals surface area contributed by atoms with Gasteiger partial charge >= 0.3 is 5.97 Å². The Kier molecular flexibility index (Phi) is 6.88. The lowest BCUT2D eigenvalue weighted by molar-refractivity contribution is -0.149. The molecule has 0 saturated carbocycles. The van der Waals surface area contributed by atoms with E-state index in [-0.39, 0.29) is 5.78 Å². The molecule has 2 N–H and O–H groups in total. The van der Waals surface area contributed by atoms with Crippen LogP contribution in [0, 0.1) is 11.8 Å². The van der Waals surface area contributed by atoms with Gasteiger partial charge in [0.25, 0.3) is 0 Å². The lowest BCUT2D eigenvalue weighted by Gasteiger charge is -2.31. The van der Waals surface area contributed by atoms with Crippen molar-refractivity contribution in [1.82, 2.24) is 5.32 Å². The van der Waals surface area contributed by atoms with Gasteiger partial charge in [-0.25, -0.2) is 9.69 Å². The van der Waals surface area contributed by atoms with Crippen molar-refractivity contribution in [2.24, 2.45) is 11.8 Å². The standard InChI is InChI=1S/C35H28N2O5/c1-22(38)25-18-20-28(21-19-25)37-32(39)29-30(33(37)40)35(34(41)42,27-10-6-3-7-11-27)36-31(29)26-16-14-24(15-17-26)13-12-23-8-4-2-5-9-23/h2-21,29-31,36H,1H3,(H,41,42). The number of fused-ring (bicyclic) bond motifs is 1. The largest absolute Gasteiger partial charge is 0.480 e. The number of rotatable bonds is 7. The van der Waals surface area contributed by atoms with Crippen molar-refractivity contribution >= 4 is 41.4 Å². The van der Waals surface area contributed by atoms with Crippen LogP contribution in [-0.4, -0.2) is 28.7 Å². The van der Waals surface area contributed by atoms with Gasteiger partial charge in [-0.15, -0.1) is 0 Å². The molecule has 2 aliphatic heterocycles. The second-order valence-corrected chi connectivity index (χ2v) is 10.6. The van der Waals surface area contributed by atoms with Crippen molar-refractivity contribution in [1.29, 1.82) is 0 Å². The molecule has 0 bridgehead atoms. The third-order valence-electron chi connectivity index (χ3n) is 8.22. The number of amides is 2. The average molecular weight is 557 g/mol. The van der Waals surface area contributed by atoms with Gasteiger partial charge in [0, 0.05) is 11.6 Å². The quantitative estimate of drug-likeness (QED) is 0.177. The number of carboxylic acids is 1. The Morgan fingerprint density at radius 2 is 1.33 bits per heavy atom. The van der Waals surface area contributed by atoms with Crippen LogP contribution in [-0.2, 0) is 19.9 Å². The highest BCUT2D eigenvalue weighted by molar-refractivity contribution is 6.24. The van der Waals surface area contributed by atoms with E-state index < -0.39 is 41.2 Å². The number of Topliss-reactive ketones (excluding diaryl/α,β-unsaturated/α-hetero) is 1. The van der Waals surface area contributed by atoms with Gasteiger partial charge in [-0.3, -0.25) is 19.7 Å². The van der Waals surface area contributed by atoms with Gasteiger partial charge in [0.2, 0.25) is 11.8 Å². The van der Waals surface area contributed by atoms with Crippen molar-refractivity contribution in [2.75, 3.05) is 4.90 Å². The Hall–Kier alpha value is -5.14. The van der Waals surface area contributed by atoms with Gasteiger partial charge in [0.15, 0.2) is 11.3 Å². The Morgan fingerprint density at radius 1 is 0.762 bits per heavy atom. The summed E-state index contributed by atoms with van der Waals surface area (Å²) in [4.78, 5) is 54.2. The molecule has 0 aromatic heterocycles. The van der Waals surface area contributed by atoms with Crippen LogP contribution in [0.15, 0.2) is 109 Å². The minimum atomic E-state index is -1.83. The van der Waals surface area contributed by atoms with Gasteiger partial charge in [0.05, 0.1) is 17.5 Å². The van der Waals surface area contributed by atoms with Gasteiger partial charge in [-0.2, -0.15) is 0 Å². The van der Waals surface area contributed by atoms with Crippen LogP contribution in [0.3, 0.4) is 0 Å². The van der Waals surface area contributed by atoms with Crippen LogP contribution in [0.2, 0.25) is 0 Å². The van der Waals surface area contributed by atoms with Gasteiger partial charge < -0.3 is 5.11 Å². The summed E-state index contributed by atoms with van der Waals surface area (Å²) < 4.78 is 0. The molecule has 0 radical (unpaired) electrons. The predicted octanol–water partition coefficient (Wildman–Crippen LogP) is 5.49. The first kappa shape index (κ1) is 27.1. The summed E-state index contributed by atoms with van der Waals surface area (Å²) in [6.45, 7) is 1.44. The molecule has 2 aliphatic rings. The summed E-state index contributed by atoms with van der Waals surface area (Å²) in [6, 6.07) is 31.5. The number of ketones is 1. The van der Waals surface area contributed by atoms with Gasteiger partial charge in [-0.05, 0) is 53.4 Å². The predicted molar refractivity (Wildman–Crippen MR) is 159 cm³/mol. The first-order chi connectivity index (χ1) is 20.3. The monoisotopic (exact) mass is 556 g/mol. The number of imide groups is 1. The SMILES string of the molecule is CC(=O)c1ccc(N2C(=O)C3C(c4ccc(C=Cc5ccccc5)cc4)NC(C(=O)O)(c4ccccc4)C3C2=O)cc1. The van der Waals surface area contributed by atoms with Crippen LogP contribution >= 0.6 is 0 Å². The number of carbonyl (C=O) groups is 4. The summed E-state index contributed by atoms with van der Waals surface area (Å²) in [6.07, 6.45) is 3.98. The second-order valence-electron chi connectivity index (χ2n) is 10.6. The number of hydrogen-bond acceptors (Lipinski definition) is 5. The zero-order valence-electron chi connectivity index (χ0n) is 22.8. The lowest BCUT2D eigenvalue weighted by atomic mass is 9.75. The topological polar surface area (TPSA) is 104 Å². The number of anilines is 1. The van der Waals surface area contributed by atoms with Crippen molar-refractivity contribution in [2.45, 2.75) is 18.5 Å². The highest BCUT2D eigenvalue weighted by atomic mass is 16.4. The number of aliphatic carboxylic acids is 1. The molecule has 42 heavy (non-hydrogen) atoms. The molecule has 0 aliphatic carbocycles. The van der Waals surface area contributed by atoms with E-state index in [0.717, 1.165) is 16.0 Å². The molecule has 7 nitrogen and oxygen atoms in total. The summed E-state index contributed by atoms with van der Waals surface area (Å²) >= 11 is 0. The third kappa shape index (κ3) is 4.44. The first-order valence-electron chi connectivity index (χ1n) is 13.7. The number of benzene rings is 4. The minimum absolute atomic E-state index is 0.141. The maximum absolute atomic E-state index is 14.1. The fraction of sp³-hybridized carbons (Fsp3) is 0.143. The molecule has 4 unspecified atom stereocenters. The van der Waals surface area contributed by atoms with E-state index >= 15 is 0 Å². The smallest absolute Gasteiger partial charge is 0.329 e. The third-order valence-corrected chi connectivity index (χ3v) is 8.22. The molecule has 2 fully saturated rings. The summed E-state index contributed by atoms with van der Waals surface area (Å²) in [5.74, 6) is -4.61. The fourth-order valence-corrected chi connectivity index (χ4v) is 6.15. The van der Waals surface area contributed by atoms with Crippen LogP contribution in [0.5, 0.6) is 0 Å². The van der Waals surface area contributed by atoms with Crippen molar-refractivity contribution in [3.05, 3.63) is 137 Å². The summed E-state index contributed by atoms with van der Waals surface area (Å²) in [7, 11) is 0. The second kappa shape index (κ2) is 10.7. The number of nitrogens with one attached hydrogen (secondary N) is 1. The number of carboxylic acid groups (broad SMARTS) is 1. The fourth-order valence-electron chi connectivity index (χ4n) is 6.15. The molecule has 208 valence electrons. The van der Waals surface area contributed by atoms with Gasteiger partial charge in [0.1, 0.15) is 0 Å².